The summed E-state index contributed by atoms with van der Waals surface area (Å²) in [4.78, 5) is 12.5. The third kappa shape index (κ3) is 5.91. The Labute approximate surface area is 167 Å². The summed E-state index contributed by atoms with van der Waals surface area (Å²) >= 11 is 0. The van der Waals surface area contributed by atoms with Crippen LogP contribution >= 0.6 is 0 Å². The molecule has 1 heterocycles. The summed E-state index contributed by atoms with van der Waals surface area (Å²) in [6.45, 7) is 1.27. The maximum absolute atomic E-state index is 12.7. The molecule has 5 nitrogen and oxygen atoms in total. The fourth-order valence-corrected chi connectivity index (χ4v) is 5.15. The highest BCUT2D eigenvalue weighted by Crippen LogP contribution is 2.20. The molecular formula is C22H28N2O3S. The molecule has 0 bridgehead atoms. The molecule has 6 heteroatoms. The summed E-state index contributed by atoms with van der Waals surface area (Å²) in [6.07, 6.45) is 2.79. The maximum Gasteiger partial charge on any atom is 0.224 e. The average Bonchev–Trinajstić information content (AvgIpc) is 2.73. The molecule has 0 saturated carbocycles. The molecule has 0 spiro atoms. The normalized spacial score (nSPS) is 17.9. The summed E-state index contributed by atoms with van der Waals surface area (Å²) in [5.74, 6) is -0.213. The zero-order valence-electron chi connectivity index (χ0n) is 16.1. The van der Waals surface area contributed by atoms with E-state index in [0.717, 1.165) is 30.4 Å². The van der Waals surface area contributed by atoms with Crippen molar-refractivity contribution in [2.24, 2.45) is 5.92 Å². The second-order valence-electron chi connectivity index (χ2n) is 7.31. The van der Waals surface area contributed by atoms with Crippen molar-refractivity contribution in [3.8, 4) is 0 Å². The number of hydrogen-bond donors (Lipinski definition) is 1. The molecule has 150 valence electrons. The number of carbonyl (C=O) groups excluding carboxylic acids is 1. The summed E-state index contributed by atoms with van der Waals surface area (Å²) < 4.78 is 26.9. The number of nitrogens with zero attached hydrogens (tertiary/aromatic N) is 1. The van der Waals surface area contributed by atoms with E-state index >= 15 is 0 Å². The quantitative estimate of drug-likeness (QED) is 0.741. The minimum Gasteiger partial charge on any atom is -0.352 e. The van der Waals surface area contributed by atoms with Gasteiger partial charge in [0.15, 0.2) is 0 Å². The standard InChI is InChI=1S/C22H28N2O3S/c25-22(23-17-20-11-5-2-6-12-20)21-14-7-15-24(18-21)28(26,27)16-8-13-19-9-3-1-4-10-19/h1-6,9-12,21H,7-8,13-18H2,(H,23,25)/t21-/m0/s1. The van der Waals surface area contributed by atoms with E-state index in [2.05, 4.69) is 5.32 Å². The highest BCUT2D eigenvalue weighted by molar-refractivity contribution is 7.89. The first-order valence-electron chi connectivity index (χ1n) is 9.88. The third-order valence-electron chi connectivity index (χ3n) is 5.17. The number of rotatable bonds is 8. The lowest BCUT2D eigenvalue weighted by Crippen LogP contribution is -2.46. The average molecular weight is 401 g/mol. The van der Waals surface area contributed by atoms with Gasteiger partial charge in [-0.15, -0.1) is 0 Å². The van der Waals surface area contributed by atoms with Crippen molar-refractivity contribution in [2.75, 3.05) is 18.8 Å². The fourth-order valence-electron chi connectivity index (χ4n) is 3.57. The summed E-state index contributed by atoms with van der Waals surface area (Å²) in [5.41, 5.74) is 2.19. The van der Waals surface area contributed by atoms with Crippen LogP contribution in [0.4, 0.5) is 0 Å². The van der Waals surface area contributed by atoms with Gasteiger partial charge in [-0.05, 0) is 36.8 Å². The van der Waals surface area contributed by atoms with Gasteiger partial charge in [-0.25, -0.2) is 12.7 Å². The van der Waals surface area contributed by atoms with Crippen LogP contribution in [0.1, 0.15) is 30.4 Å². The lowest BCUT2D eigenvalue weighted by molar-refractivity contribution is -0.126. The molecule has 0 radical (unpaired) electrons. The van der Waals surface area contributed by atoms with E-state index in [1.54, 1.807) is 0 Å². The molecule has 1 aliphatic heterocycles. The zero-order chi connectivity index (χ0) is 19.8. The van der Waals surface area contributed by atoms with E-state index in [9.17, 15) is 13.2 Å². The van der Waals surface area contributed by atoms with Crippen molar-refractivity contribution in [3.63, 3.8) is 0 Å². The zero-order valence-corrected chi connectivity index (χ0v) is 16.9. The van der Waals surface area contributed by atoms with Gasteiger partial charge >= 0.3 is 0 Å². The summed E-state index contributed by atoms with van der Waals surface area (Å²) in [6, 6.07) is 19.7. The Morgan fingerprint density at radius 3 is 2.32 bits per heavy atom. The van der Waals surface area contributed by atoms with E-state index in [1.807, 2.05) is 60.7 Å². The topological polar surface area (TPSA) is 66.5 Å². The Morgan fingerprint density at radius 1 is 1.00 bits per heavy atom. The number of piperidine rings is 1. The van der Waals surface area contributed by atoms with Crippen molar-refractivity contribution in [2.45, 2.75) is 32.2 Å². The molecule has 1 saturated heterocycles. The van der Waals surface area contributed by atoms with E-state index in [0.29, 0.717) is 19.5 Å². The van der Waals surface area contributed by atoms with Crippen LogP contribution in [-0.4, -0.2) is 37.5 Å². The van der Waals surface area contributed by atoms with Gasteiger partial charge in [0.25, 0.3) is 0 Å². The van der Waals surface area contributed by atoms with Crippen molar-refractivity contribution in [1.29, 1.82) is 0 Å². The highest BCUT2D eigenvalue weighted by atomic mass is 32.2. The molecule has 2 aromatic carbocycles. The smallest absolute Gasteiger partial charge is 0.224 e. The van der Waals surface area contributed by atoms with Gasteiger partial charge in [-0.2, -0.15) is 0 Å². The van der Waals surface area contributed by atoms with Crippen molar-refractivity contribution >= 4 is 15.9 Å². The van der Waals surface area contributed by atoms with E-state index in [1.165, 1.54) is 4.31 Å². The minimum absolute atomic E-state index is 0.0620. The van der Waals surface area contributed by atoms with Gasteiger partial charge in [0, 0.05) is 19.6 Å². The molecule has 1 amide bonds. The monoisotopic (exact) mass is 400 g/mol. The Hall–Kier alpha value is -2.18. The second-order valence-corrected chi connectivity index (χ2v) is 9.39. The number of nitrogens with one attached hydrogen (secondary N) is 1. The highest BCUT2D eigenvalue weighted by Gasteiger charge is 2.31. The van der Waals surface area contributed by atoms with Crippen LogP contribution in [-0.2, 0) is 27.8 Å². The fraction of sp³-hybridized carbons (Fsp3) is 0.409. The number of sulfonamides is 1. The van der Waals surface area contributed by atoms with Crippen molar-refractivity contribution in [1.82, 2.24) is 9.62 Å². The first-order chi connectivity index (χ1) is 13.5. The summed E-state index contributed by atoms with van der Waals surface area (Å²) in [5, 5.41) is 2.94. The van der Waals surface area contributed by atoms with Gasteiger partial charge in [0.05, 0.1) is 11.7 Å². The SMILES string of the molecule is O=C(NCc1ccccc1)[C@H]1CCCN(S(=O)(=O)CCCc2ccccc2)C1. The molecule has 1 atom stereocenters. The summed E-state index contributed by atoms with van der Waals surface area (Å²) in [7, 11) is -3.33. The predicted octanol–water partition coefficient (Wildman–Crippen LogP) is 2.98. The molecule has 1 N–H and O–H groups in total. The number of aryl methyl sites for hydroxylation is 1. The largest absolute Gasteiger partial charge is 0.352 e. The van der Waals surface area contributed by atoms with Crippen molar-refractivity contribution < 1.29 is 13.2 Å². The number of amides is 1. The number of carbonyl (C=O) groups is 1. The molecule has 3 rings (SSSR count). The third-order valence-corrected chi connectivity index (χ3v) is 7.09. The van der Waals surface area contributed by atoms with Crippen LogP contribution in [0.25, 0.3) is 0 Å². The van der Waals surface area contributed by atoms with Gasteiger partial charge < -0.3 is 5.32 Å². The number of benzene rings is 2. The van der Waals surface area contributed by atoms with Gasteiger partial charge in [-0.3, -0.25) is 4.79 Å². The van der Waals surface area contributed by atoms with E-state index in [4.69, 9.17) is 0 Å². The van der Waals surface area contributed by atoms with Crippen LogP contribution in [0.2, 0.25) is 0 Å². The first-order valence-corrected chi connectivity index (χ1v) is 11.5. The van der Waals surface area contributed by atoms with Crippen LogP contribution in [0.5, 0.6) is 0 Å². The Kier molecular flexibility index (Phi) is 7.23. The molecule has 0 unspecified atom stereocenters. The minimum atomic E-state index is -3.33. The maximum atomic E-state index is 12.7. The Morgan fingerprint density at radius 2 is 1.64 bits per heavy atom. The lowest BCUT2D eigenvalue weighted by Gasteiger charge is -2.31. The Balaban J connectivity index is 1.49. The molecule has 2 aromatic rings. The van der Waals surface area contributed by atoms with Crippen LogP contribution < -0.4 is 5.32 Å². The lowest BCUT2D eigenvalue weighted by atomic mass is 9.99. The Bertz CT molecular complexity index is 854. The first kappa shape index (κ1) is 20.6. The second kappa shape index (κ2) is 9.85. The van der Waals surface area contributed by atoms with Crippen LogP contribution in [0.3, 0.4) is 0 Å². The van der Waals surface area contributed by atoms with Crippen LogP contribution in [0, 0.1) is 5.92 Å². The van der Waals surface area contributed by atoms with Crippen molar-refractivity contribution in [3.05, 3.63) is 71.8 Å². The molecule has 28 heavy (non-hydrogen) atoms. The van der Waals surface area contributed by atoms with Gasteiger partial charge in [0.2, 0.25) is 15.9 Å². The predicted molar refractivity (Wildman–Crippen MR) is 111 cm³/mol. The van der Waals surface area contributed by atoms with Crippen LogP contribution in [0.15, 0.2) is 60.7 Å². The molecular weight excluding hydrogens is 372 g/mol. The van der Waals surface area contributed by atoms with E-state index < -0.39 is 10.0 Å². The number of hydrogen-bond acceptors (Lipinski definition) is 3. The van der Waals surface area contributed by atoms with E-state index in [-0.39, 0.29) is 24.1 Å². The molecule has 1 aliphatic rings. The van der Waals surface area contributed by atoms with Gasteiger partial charge in [0.1, 0.15) is 0 Å². The molecule has 1 fully saturated rings. The molecule has 0 aliphatic carbocycles. The molecule has 0 aromatic heterocycles. The van der Waals surface area contributed by atoms with Gasteiger partial charge in [-0.1, -0.05) is 60.7 Å².